The fourth-order valence-corrected chi connectivity index (χ4v) is 3.15. The monoisotopic (exact) mass is 312 g/mol. The van der Waals surface area contributed by atoms with Crippen molar-refractivity contribution in [2.24, 2.45) is 5.92 Å². The molecule has 18 heavy (non-hydrogen) atoms. The topological polar surface area (TPSA) is 34.2 Å². The number of likely N-dealkylation sites (N-methyl/N-ethyl adjacent to an activating group) is 1. The van der Waals surface area contributed by atoms with Crippen LogP contribution in [0.5, 0.6) is 0 Å². The Morgan fingerprint density at radius 3 is 3.00 bits per heavy atom. The van der Waals surface area contributed by atoms with Crippen molar-refractivity contribution >= 4 is 15.9 Å². The zero-order valence-corrected chi connectivity index (χ0v) is 12.6. The first-order valence-corrected chi connectivity index (χ1v) is 7.44. The minimum Gasteiger partial charge on any atom is -0.378 e. The molecule has 0 radical (unpaired) electrons. The Bertz CT molecular complexity index is 386. The van der Waals surface area contributed by atoms with Crippen molar-refractivity contribution < 1.29 is 4.74 Å². The highest BCUT2D eigenvalue weighted by atomic mass is 79.9. The zero-order chi connectivity index (χ0) is 13.0. The van der Waals surface area contributed by atoms with Crippen LogP contribution in [-0.2, 0) is 11.2 Å². The van der Waals surface area contributed by atoms with E-state index in [-0.39, 0.29) is 0 Å². The van der Waals surface area contributed by atoms with Gasteiger partial charge in [-0.05, 0) is 53.9 Å². The molecule has 3 nitrogen and oxygen atoms in total. The molecule has 0 spiro atoms. The molecule has 4 heteroatoms. The third kappa shape index (κ3) is 3.53. The van der Waals surface area contributed by atoms with Crippen LogP contribution >= 0.6 is 15.9 Å². The predicted octanol–water partition coefficient (Wildman–Crippen LogP) is 2.79. The summed E-state index contributed by atoms with van der Waals surface area (Å²) in [6.07, 6.45) is 6.30. The minimum atomic E-state index is 0.356. The van der Waals surface area contributed by atoms with E-state index in [0.717, 1.165) is 30.5 Å². The molecule has 3 atom stereocenters. The molecule has 0 bridgehead atoms. The Morgan fingerprint density at radius 2 is 2.39 bits per heavy atom. The van der Waals surface area contributed by atoms with Gasteiger partial charge >= 0.3 is 0 Å². The van der Waals surface area contributed by atoms with Crippen molar-refractivity contribution in [2.75, 3.05) is 13.2 Å². The maximum Gasteiger partial charge on any atom is 0.0590 e. The molecule has 1 fully saturated rings. The molecule has 100 valence electrons. The smallest absolute Gasteiger partial charge is 0.0590 e. The Morgan fingerprint density at radius 1 is 1.56 bits per heavy atom. The lowest BCUT2D eigenvalue weighted by molar-refractivity contribution is 0.0956. The van der Waals surface area contributed by atoms with E-state index >= 15 is 0 Å². The number of hydrogen-bond donors (Lipinski definition) is 1. The average Bonchev–Trinajstić information content (AvgIpc) is 2.75. The second-order valence-electron chi connectivity index (χ2n) is 4.91. The lowest BCUT2D eigenvalue weighted by Crippen LogP contribution is -2.40. The van der Waals surface area contributed by atoms with Gasteiger partial charge in [-0.25, -0.2) is 0 Å². The summed E-state index contributed by atoms with van der Waals surface area (Å²) in [6, 6.07) is 2.63. The molecule has 1 aromatic rings. The molecule has 2 rings (SSSR count). The van der Waals surface area contributed by atoms with Gasteiger partial charge in [0.25, 0.3) is 0 Å². The summed E-state index contributed by atoms with van der Waals surface area (Å²) in [7, 11) is 0. The lowest BCUT2D eigenvalue weighted by Gasteiger charge is -2.26. The van der Waals surface area contributed by atoms with Crippen LogP contribution in [-0.4, -0.2) is 30.3 Å². The normalized spacial score (nSPS) is 25.3. The van der Waals surface area contributed by atoms with Crippen LogP contribution in [0.3, 0.4) is 0 Å². The second kappa shape index (κ2) is 6.64. The van der Waals surface area contributed by atoms with Crippen molar-refractivity contribution in [1.29, 1.82) is 0 Å². The van der Waals surface area contributed by atoms with E-state index in [0.29, 0.717) is 18.1 Å². The quantitative estimate of drug-likeness (QED) is 0.908. The van der Waals surface area contributed by atoms with E-state index in [4.69, 9.17) is 4.74 Å². The molecular formula is C14H21BrN2O. The molecule has 0 saturated carbocycles. The maximum atomic E-state index is 5.69. The maximum absolute atomic E-state index is 5.69. The summed E-state index contributed by atoms with van der Waals surface area (Å²) >= 11 is 3.48. The molecule has 1 aliphatic rings. The number of aromatic nitrogens is 1. The van der Waals surface area contributed by atoms with Crippen LogP contribution in [0.25, 0.3) is 0 Å². The molecule has 1 N–H and O–H groups in total. The van der Waals surface area contributed by atoms with Crippen LogP contribution in [0, 0.1) is 5.92 Å². The zero-order valence-electron chi connectivity index (χ0n) is 11.0. The van der Waals surface area contributed by atoms with Crippen molar-refractivity contribution in [3.05, 3.63) is 28.5 Å². The first-order valence-electron chi connectivity index (χ1n) is 6.65. The van der Waals surface area contributed by atoms with E-state index in [1.54, 1.807) is 0 Å². The fourth-order valence-electron chi connectivity index (χ4n) is 2.74. The van der Waals surface area contributed by atoms with Gasteiger partial charge in [-0.15, -0.1) is 0 Å². The van der Waals surface area contributed by atoms with Crippen molar-refractivity contribution in [3.8, 4) is 0 Å². The standard InChI is InChI=1S/C14H21BrN2O/c1-3-17-14(13-4-5-18-10(13)2)7-11-6-12(15)9-16-8-11/h6,8-10,13-14,17H,3-5,7H2,1-2H3. The summed E-state index contributed by atoms with van der Waals surface area (Å²) in [6.45, 7) is 6.23. The van der Waals surface area contributed by atoms with E-state index < -0.39 is 0 Å². The highest BCUT2D eigenvalue weighted by Gasteiger charge is 2.31. The fraction of sp³-hybridized carbons (Fsp3) is 0.643. The Balaban J connectivity index is 2.06. The van der Waals surface area contributed by atoms with Crippen LogP contribution in [0.4, 0.5) is 0 Å². The summed E-state index contributed by atoms with van der Waals surface area (Å²) in [5, 5.41) is 3.60. The minimum absolute atomic E-state index is 0.356. The van der Waals surface area contributed by atoms with Gasteiger partial charge in [-0.2, -0.15) is 0 Å². The van der Waals surface area contributed by atoms with E-state index in [2.05, 4.69) is 46.1 Å². The number of hydrogen-bond acceptors (Lipinski definition) is 3. The number of halogens is 1. The van der Waals surface area contributed by atoms with Crippen LogP contribution < -0.4 is 5.32 Å². The van der Waals surface area contributed by atoms with Gasteiger partial charge in [0.1, 0.15) is 0 Å². The Labute approximate surface area is 117 Å². The number of pyridine rings is 1. The summed E-state index contributed by atoms with van der Waals surface area (Å²) < 4.78 is 6.74. The summed E-state index contributed by atoms with van der Waals surface area (Å²) in [5.74, 6) is 0.601. The first kappa shape index (κ1) is 14.0. The van der Waals surface area contributed by atoms with Crippen LogP contribution in [0.15, 0.2) is 22.9 Å². The molecule has 3 unspecified atom stereocenters. The van der Waals surface area contributed by atoms with Gasteiger partial charge in [0.2, 0.25) is 0 Å². The lowest BCUT2D eigenvalue weighted by atomic mass is 9.89. The van der Waals surface area contributed by atoms with Gasteiger partial charge in [-0.3, -0.25) is 4.98 Å². The number of nitrogens with zero attached hydrogens (tertiary/aromatic N) is 1. The van der Waals surface area contributed by atoms with Crippen molar-refractivity contribution in [2.45, 2.75) is 38.8 Å². The summed E-state index contributed by atoms with van der Waals surface area (Å²) in [5.41, 5.74) is 1.27. The molecule has 2 heterocycles. The summed E-state index contributed by atoms with van der Waals surface area (Å²) in [4.78, 5) is 4.24. The van der Waals surface area contributed by atoms with E-state index in [1.807, 2.05) is 12.4 Å². The van der Waals surface area contributed by atoms with Crippen LogP contribution in [0.1, 0.15) is 25.8 Å². The second-order valence-corrected chi connectivity index (χ2v) is 5.82. The largest absolute Gasteiger partial charge is 0.378 e. The average molecular weight is 313 g/mol. The third-order valence-electron chi connectivity index (χ3n) is 3.64. The number of rotatable bonds is 5. The van der Waals surface area contributed by atoms with Gasteiger partial charge in [-0.1, -0.05) is 6.92 Å². The Kier molecular flexibility index (Phi) is 5.15. The SMILES string of the molecule is CCNC(Cc1cncc(Br)c1)C1CCOC1C. The van der Waals surface area contributed by atoms with Gasteiger partial charge in [0, 0.05) is 35.4 Å². The molecular weight excluding hydrogens is 292 g/mol. The van der Waals surface area contributed by atoms with Gasteiger partial charge in [0.15, 0.2) is 0 Å². The molecule has 1 aliphatic heterocycles. The molecule has 0 aliphatic carbocycles. The van der Waals surface area contributed by atoms with Gasteiger partial charge in [0.05, 0.1) is 6.10 Å². The third-order valence-corrected chi connectivity index (χ3v) is 4.07. The number of nitrogens with one attached hydrogen (secondary N) is 1. The van der Waals surface area contributed by atoms with E-state index in [9.17, 15) is 0 Å². The van der Waals surface area contributed by atoms with E-state index in [1.165, 1.54) is 5.56 Å². The van der Waals surface area contributed by atoms with Crippen LogP contribution in [0.2, 0.25) is 0 Å². The molecule has 1 saturated heterocycles. The van der Waals surface area contributed by atoms with Crippen molar-refractivity contribution in [1.82, 2.24) is 10.3 Å². The Hall–Kier alpha value is -0.450. The molecule has 0 amide bonds. The highest BCUT2D eigenvalue weighted by Crippen LogP contribution is 2.26. The molecule has 1 aromatic heterocycles. The molecule has 0 aromatic carbocycles. The van der Waals surface area contributed by atoms with Crippen molar-refractivity contribution in [3.63, 3.8) is 0 Å². The predicted molar refractivity (Wildman–Crippen MR) is 76.6 cm³/mol. The number of ether oxygens (including phenoxy) is 1. The highest BCUT2D eigenvalue weighted by molar-refractivity contribution is 9.10. The first-order chi connectivity index (χ1) is 8.70. The van der Waals surface area contributed by atoms with Gasteiger partial charge < -0.3 is 10.1 Å².